The first kappa shape index (κ1) is 18.2. The van der Waals surface area contributed by atoms with Gasteiger partial charge in [-0.05, 0) is 34.9 Å². The van der Waals surface area contributed by atoms with Gasteiger partial charge in [0.1, 0.15) is 0 Å². The van der Waals surface area contributed by atoms with Gasteiger partial charge in [-0.15, -0.1) is 0 Å². The summed E-state index contributed by atoms with van der Waals surface area (Å²) < 4.78 is 0. The van der Waals surface area contributed by atoms with Crippen LogP contribution >= 0.6 is 23.2 Å². The number of nitrogens with one attached hydrogen (secondary N) is 1. The zero-order chi connectivity index (χ0) is 18.4. The first-order valence-corrected chi connectivity index (χ1v) is 8.94. The second kappa shape index (κ2) is 8.70. The molecule has 0 radical (unpaired) electrons. The Morgan fingerprint density at radius 2 is 1.42 bits per heavy atom. The van der Waals surface area contributed by atoms with E-state index < -0.39 is 0 Å². The third-order valence-corrected chi connectivity index (χ3v) is 4.64. The molecule has 4 heteroatoms. The van der Waals surface area contributed by atoms with Gasteiger partial charge in [-0.25, -0.2) is 0 Å². The standard InChI is InChI=1S/C22H17Cl2NO/c23-20-12-6-4-10-17(20)14-19(16-8-2-1-3-9-16)22(26)25-15-18-11-5-7-13-21(18)24/h1-14H,15H2,(H,25,26)/b19-14+. The Balaban J connectivity index is 1.90. The molecule has 0 saturated carbocycles. The highest BCUT2D eigenvalue weighted by Crippen LogP contribution is 2.23. The molecule has 3 rings (SSSR count). The topological polar surface area (TPSA) is 29.1 Å². The number of hydrogen-bond donors (Lipinski definition) is 1. The molecule has 0 aliphatic rings. The average molecular weight is 382 g/mol. The molecule has 0 bridgehead atoms. The van der Waals surface area contributed by atoms with E-state index in [0.717, 1.165) is 16.7 Å². The van der Waals surface area contributed by atoms with Gasteiger partial charge in [-0.1, -0.05) is 89.9 Å². The van der Waals surface area contributed by atoms with Crippen LogP contribution in [0.2, 0.25) is 10.0 Å². The Morgan fingerprint density at radius 3 is 2.12 bits per heavy atom. The van der Waals surface area contributed by atoms with Crippen LogP contribution in [0, 0.1) is 0 Å². The fourth-order valence-corrected chi connectivity index (χ4v) is 2.95. The van der Waals surface area contributed by atoms with Crippen LogP contribution in [0.3, 0.4) is 0 Å². The summed E-state index contributed by atoms with van der Waals surface area (Å²) >= 11 is 12.4. The summed E-state index contributed by atoms with van der Waals surface area (Å²) in [5.41, 5.74) is 3.03. The van der Waals surface area contributed by atoms with Crippen molar-refractivity contribution in [1.82, 2.24) is 5.32 Å². The molecule has 26 heavy (non-hydrogen) atoms. The summed E-state index contributed by atoms with van der Waals surface area (Å²) in [6.07, 6.45) is 1.81. The van der Waals surface area contributed by atoms with Gasteiger partial charge in [0.2, 0.25) is 0 Å². The van der Waals surface area contributed by atoms with Gasteiger partial charge in [-0.3, -0.25) is 4.79 Å². The van der Waals surface area contributed by atoms with Crippen LogP contribution in [0.15, 0.2) is 78.9 Å². The summed E-state index contributed by atoms with van der Waals surface area (Å²) in [4.78, 5) is 12.9. The van der Waals surface area contributed by atoms with Gasteiger partial charge in [0, 0.05) is 22.2 Å². The molecule has 0 atom stereocenters. The smallest absolute Gasteiger partial charge is 0.252 e. The molecular formula is C22H17Cl2NO. The highest BCUT2D eigenvalue weighted by molar-refractivity contribution is 6.33. The van der Waals surface area contributed by atoms with Crippen LogP contribution < -0.4 is 5.32 Å². The maximum absolute atomic E-state index is 12.9. The van der Waals surface area contributed by atoms with Crippen LogP contribution in [0.5, 0.6) is 0 Å². The van der Waals surface area contributed by atoms with Crippen molar-refractivity contribution in [3.8, 4) is 0 Å². The van der Waals surface area contributed by atoms with Gasteiger partial charge in [0.25, 0.3) is 5.91 Å². The van der Waals surface area contributed by atoms with E-state index in [2.05, 4.69) is 5.32 Å². The second-order valence-electron chi connectivity index (χ2n) is 5.72. The second-order valence-corrected chi connectivity index (χ2v) is 6.53. The SMILES string of the molecule is O=C(NCc1ccccc1Cl)/C(=C/c1ccccc1Cl)c1ccccc1. The van der Waals surface area contributed by atoms with Crippen LogP contribution in [0.4, 0.5) is 0 Å². The molecule has 1 amide bonds. The molecule has 0 fully saturated rings. The summed E-state index contributed by atoms with van der Waals surface area (Å²) in [6, 6.07) is 24.4. The molecule has 2 nitrogen and oxygen atoms in total. The van der Waals surface area contributed by atoms with E-state index in [1.807, 2.05) is 66.7 Å². The van der Waals surface area contributed by atoms with Crippen molar-refractivity contribution in [1.29, 1.82) is 0 Å². The van der Waals surface area contributed by atoms with E-state index in [9.17, 15) is 4.79 Å². The summed E-state index contributed by atoms with van der Waals surface area (Å²) in [5, 5.41) is 4.17. The lowest BCUT2D eigenvalue weighted by molar-refractivity contribution is -0.115. The average Bonchev–Trinajstić information content (AvgIpc) is 2.67. The highest BCUT2D eigenvalue weighted by atomic mass is 35.5. The monoisotopic (exact) mass is 381 g/mol. The van der Waals surface area contributed by atoms with Crippen LogP contribution in [-0.2, 0) is 11.3 Å². The fraction of sp³-hybridized carbons (Fsp3) is 0.0455. The number of amides is 1. The third-order valence-electron chi connectivity index (χ3n) is 3.93. The molecule has 0 unspecified atom stereocenters. The Labute approximate surface area is 163 Å². The predicted molar refractivity (Wildman–Crippen MR) is 109 cm³/mol. The molecule has 0 heterocycles. The number of carbonyl (C=O) groups is 1. The number of rotatable bonds is 5. The molecular weight excluding hydrogens is 365 g/mol. The summed E-state index contributed by atoms with van der Waals surface area (Å²) in [7, 11) is 0. The number of hydrogen-bond acceptors (Lipinski definition) is 1. The number of carbonyl (C=O) groups excluding carboxylic acids is 1. The number of halogens is 2. The quantitative estimate of drug-likeness (QED) is 0.435. The number of benzene rings is 3. The van der Waals surface area contributed by atoms with E-state index in [1.54, 1.807) is 18.2 Å². The lowest BCUT2D eigenvalue weighted by Crippen LogP contribution is -2.24. The van der Waals surface area contributed by atoms with Crippen molar-refractivity contribution in [2.24, 2.45) is 0 Å². The van der Waals surface area contributed by atoms with Gasteiger partial charge in [-0.2, -0.15) is 0 Å². The summed E-state index contributed by atoms with van der Waals surface area (Å²) in [6.45, 7) is 0.352. The Kier molecular flexibility index (Phi) is 6.11. The van der Waals surface area contributed by atoms with E-state index in [1.165, 1.54) is 0 Å². The zero-order valence-corrected chi connectivity index (χ0v) is 15.5. The van der Waals surface area contributed by atoms with Gasteiger partial charge in [0.05, 0.1) is 0 Å². The lowest BCUT2D eigenvalue weighted by atomic mass is 10.0. The Morgan fingerprint density at radius 1 is 0.808 bits per heavy atom. The van der Waals surface area contributed by atoms with E-state index in [4.69, 9.17) is 23.2 Å². The molecule has 0 aromatic heterocycles. The summed E-state index contributed by atoms with van der Waals surface area (Å²) in [5.74, 6) is -0.184. The van der Waals surface area contributed by atoms with Crippen molar-refractivity contribution in [3.05, 3.63) is 106 Å². The van der Waals surface area contributed by atoms with Gasteiger partial charge >= 0.3 is 0 Å². The molecule has 3 aromatic rings. The van der Waals surface area contributed by atoms with Crippen molar-refractivity contribution < 1.29 is 4.79 Å². The molecule has 0 spiro atoms. The maximum Gasteiger partial charge on any atom is 0.252 e. The minimum atomic E-state index is -0.184. The van der Waals surface area contributed by atoms with Crippen LogP contribution in [0.25, 0.3) is 11.6 Å². The first-order valence-electron chi connectivity index (χ1n) is 8.18. The van der Waals surface area contributed by atoms with E-state index >= 15 is 0 Å². The molecule has 3 aromatic carbocycles. The molecule has 0 aliphatic heterocycles. The predicted octanol–water partition coefficient (Wildman–Crippen LogP) is 5.85. The van der Waals surface area contributed by atoms with E-state index in [0.29, 0.717) is 22.2 Å². The Hall–Kier alpha value is -2.55. The van der Waals surface area contributed by atoms with Gasteiger partial charge in [0.15, 0.2) is 0 Å². The Bertz CT molecular complexity index is 936. The first-order chi connectivity index (χ1) is 12.6. The maximum atomic E-state index is 12.9. The zero-order valence-electron chi connectivity index (χ0n) is 14.0. The van der Waals surface area contributed by atoms with Crippen LogP contribution in [-0.4, -0.2) is 5.91 Å². The molecule has 0 saturated heterocycles. The third kappa shape index (κ3) is 4.54. The molecule has 1 N–H and O–H groups in total. The van der Waals surface area contributed by atoms with Crippen LogP contribution in [0.1, 0.15) is 16.7 Å². The van der Waals surface area contributed by atoms with Gasteiger partial charge < -0.3 is 5.32 Å². The van der Waals surface area contributed by atoms with Crippen molar-refractivity contribution in [3.63, 3.8) is 0 Å². The molecule has 0 aliphatic carbocycles. The van der Waals surface area contributed by atoms with Crippen molar-refractivity contribution in [2.75, 3.05) is 0 Å². The van der Waals surface area contributed by atoms with E-state index in [-0.39, 0.29) is 5.91 Å². The largest absolute Gasteiger partial charge is 0.348 e. The minimum absolute atomic E-state index is 0.184. The highest BCUT2D eigenvalue weighted by Gasteiger charge is 2.13. The minimum Gasteiger partial charge on any atom is -0.348 e. The van der Waals surface area contributed by atoms with Crippen molar-refractivity contribution in [2.45, 2.75) is 6.54 Å². The van der Waals surface area contributed by atoms with Crippen molar-refractivity contribution >= 4 is 40.8 Å². The molecule has 130 valence electrons. The fourth-order valence-electron chi connectivity index (χ4n) is 2.56. The normalized spacial score (nSPS) is 11.2. The lowest BCUT2D eigenvalue weighted by Gasteiger charge is -2.11.